The van der Waals surface area contributed by atoms with Crippen LogP contribution in [0, 0.1) is 0 Å². The molecule has 0 bridgehead atoms. The van der Waals surface area contributed by atoms with Crippen molar-refractivity contribution in [3.63, 3.8) is 0 Å². The minimum absolute atomic E-state index is 0.307. The van der Waals surface area contributed by atoms with E-state index in [1.807, 2.05) is 6.92 Å². The molecule has 0 radical (unpaired) electrons. The van der Waals surface area contributed by atoms with E-state index in [1.54, 1.807) is 11.3 Å². The van der Waals surface area contributed by atoms with Gasteiger partial charge in [0.2, 0.25) is 0 Å². The van der Waals surface area contributed by atoms with Crippen molar-refractivity contribution in [2.75, 3.05) is 39.4 Å². The van der Waals surface area contributed by atoms with E-state index in [1.165, 1.54) is 4.88 Å². The number of nitrogens with zero attached hydrogens (tertiary/aromatic N) is 2. The summed E-state index contributed by atoms with van der Waals surface area (Å²) in [6.07, 6.45) is 0. The molecule has 1 aromatic heterocycles. The number of morpholine rings is 1. The van der Waals surface area contributed by atoms with Gasteiger partial charge in [-0.1, -0.05) is 6.07 Å². The molecular weight excluding hydrogens is 260 g/mol. The lowest BCUT2D eigenvalue weighted by Crippen LogP contribution is -2.40. The standard InChI is InChI=1S/C13H22N4OS/c1-2-15-13(14)16-10-11(12-4-3-9-19-12)17-5-7-18-8-6-17/h3-4,9,11H,2,5-8,10H2,1H3,(H3,14,15,16). The van der Waals surface area contributed by atoms with Crippen molar-refractivity contribution in [3.05, 3.63) is 22.4 Å². The monoisotopic (exact) mass is 282 g/mol. The Morgan fingerprint density at radius 2 is 2.37 bits per heavy atom. The van der Waals surface area contributed by atoms with Gasteiger partial charge >= 0.3 is 0 Å². The van der Waals surface area contributed by atoms with Crippen molar-refractivity contribution < 1.29 is 4.74 Å². The van der Waals surface area contributed by atoms with E-state index in [-0.39, 0.29) is 0 Å². The van der Waals surface area contributed by atoms with Gasteiger partial charge < -0.3 is 15.8 Å². The highest BCUT2D eigenvalue weighted by Gasteiger charge is 2.23. The van der Waals surface area contributed by atoms with Crippen molar-refractivity contribution >= 4 is 17.3 Å². The molecule has 1 aliphatic heterocycles. The first-order valence-corrected chi connectivity index (χ1v) is 7.58. The summed E-state index contributed by atoms with van der Waals surface area (Å²) in [6, 6.07) is 4.57. The third kappa shape index (κ3) is 4.19. The molecule has 1 aromatic rings. The van der Waals surface area contributed by atoms with Gasteiger partial charge in [0, 0.05) is 24.5 Å². The quantitative estimate of drug-likeness (QED) is 0.626. The molecule has 5 nitrogen and oxygen atoms in total. The van der Waals surface area contributed by atoms with Crippen LogP contribution < -0.4 is 11.1 Å². The SMILES string of the molecule is CCNC(N)=NCC(c1cccs1)N1CCOCC1. The van der Waals surface area contributed by atoms with Crippen LogP contribution in [-0.4, -0.2) is 50.3 Å². The van der Waals surface area contributed by atoms with Crippen LogP contribution in [-0.2, 0) is 4.74 Å². The number of rotatable bonds is 5. The summed E-state index contributed by atoms with van der Waals surface area (Å²) < 4.78 is 5.42. The number of aliphatic imine (C=N–C) groups is 1. The molecule has 1 unspecified atom stereocenters. The Balaban J connectivity index is 2.04. The van der Waals surface area contributed by atoms with Crippen molar-refractivity contribution in [2.24, 2.45) is 10.7 Å². The van der Waals surface area contributed by atoms with Crippen molar-refractivity contribution in [1.29, 1.82) is 0 Å². The van der Waals surface area contributed by atoms with E-state index >= 15 is 0 Å². The first-order chi connectivity index (χ1) is 9.31. The van der Waals surface area contributed by atoms with Gasteiger partial charge in [-0.05, 0) is 18.4 Å². The average Bonchev–Trinajstić information content (AvgIpc) is 2.94. The van der Waals surface area contributed by atoms with Crippen LogP contribution in [0.2, 0.25) is 0 Å². The van der Waals surface area contributed by atoms with Crippen LogP contribution in [0.15, 0.2) is 22.5 Å². The number of hydrogen-bond donors (Lipinski definition) is 2. The molecule has 1 fully saturated rings. The van der Waals surface area contributed by atoms with E-state index in [0.29, 0.717) is 18.5 Å². The Morgan fingerprint density at radius 3 is 3.00 bits per heavy atom. The smallest absolute Gasteiger partial charge is 0.188 e. The second-order valence-electron chi connectivity index (χ2n) is 4.44. The van der Waals surface area contributed by atoms with Crippen LogP contribution in [0.4, 0.5) is 0 Å². The summed E-state index contributed by atoms with van der Waals surface area (Å²) in [5, 5.41) is 5.15. The number of guanidine groups is 1. The lowest BCUT2D eigenvalue weighted by Gasteiger charge is -2.33. The zero-order valence-electron chi connectivity index (χ0n) is 11.3. The normalized spacial score (nSPS) is 19.3. The first-order valence-electron chi connectivity index (χ1n) is 6.70. The average molecular weight is 282 g/mol. The minimum Gasteiger partial charge on any atom is -0.379 e. The Bertz CT molecular complexity index is 387. The highest BCUT2D eigenvalue weighted by atomic mass is 32.1. The summed E-state index contributed by atoms with van der Waals surface area (Å²) in [7, 11) is 0. The molecule has 1 saturated heterocycles. The Morgan fingerprint density at radius 1 is 1.58 bits per heavy atom. The van der Waals surface area contributed by atoms with E-state index in [4.69, 9.17) is 10.5 Å². The van der Waals surface area contributed by atoms with Gasteiger partial charge in [0.15, 0.2) is 5.96 Å². The highest BCUT2D eigenvalue weighted by molar-refractivity contribution is 7.10. The van der Waals surface area contributed by atoms with Crippen molar-refractivity contribution in [1.82, 2.24) is 10.2 Å². The van der Waals surface area contributed by atoms with Gasteiger partial charge in [0.25, 0.3) is 0 Å². The first kappa shape index (κ1) is 14.3. The third-order valence-corrected chi connectivity index (χ3v) is 4.12. The maximum absolute atomic E-state index is 5.81. The Kier molecular flexibility index (Phi) is 5.62. The Hall–Kier alpha value is -1.11. The summed E-state index contributed by atoms with van der Waals surface area (Å²) >= 11 is 1.78. The van der Waals surface area contributed by atoms with Crippen LogP contribution in [0.3, 0.4) is 0 Å². The van der Waals surface area contributed by atoms with E-state index in [0.717, 1.165) is 32.8 Å². The fourth-order valence-electron chi connectivity index (χ4n) is 2.18. The number of nitrogens with two attached hydrogens (primary N) is 1. The maximum atomic E-state index is 5.81. The topological polar surface area (TPSA) is 62.9 Å². The summed E-state index contributed by atoms with van der Waals surface area (Å²) in [6.45, 7) is 7.03. The maximum Gasteiger partial charge on any atom is 0.188 e. The molecule has 0 saturated carbocycles. The summed E-state index contributed by atoms with van der Waals surface area (Å²) in [5.74, 6) is 0.525. The molecular formula is C13H22N4OS. The molecule has 3 N–H and O–H groups in total. The second kappa shape index (κ2) is 7.47. The predicted molar refractivity (Wildman–Crippen MR) is 79.6 cm³/mol. The van der Waals surface area contributed by atoms with Gasteiger partial charge in [-0.2, -0.15) is 0 Å². The number of nitrogens with one attached hydrogen (secondary N) is 1. The molecule has 2 rings (SSSR count). The molecule has 1 atom stereocenters. The molecule has 0 aromatic carbocycles. The number of ether oxygens (including phenoxy) is 1. The lowest BCUT2D eigenvalue weighted by molar-refractivity contribution is 0.0187. The van der Waals surface area contributed by atoms with Gasteiger partial charge in [0.1, 0.15) is 0 Å². The van der Waals surface area contributed by atoms with E-state index in [2.05, 4.69) is 32.7 Å². The van der Waals surface area contributed by atoms with Crippen LogP contribution in [0.25, 0.3) is 0 Å². The van der Waals surface area contributed by atoms with Crippen LogP contribution in [0.5, 0.6) is 0 Å². The fourth-order valence-corrected chi connectivity index (χ4v) is 3.03. The third-order valence-electron chi connectivity index (χ3n) is 3.15. The zero-order chi connectivity index (χ0) is 13.5. The molecule has 0 amide bonds. The molecule has 0 aliphatic carbocycles. The van der Waals surface area contributed by atoms with E-state index in [9.17, 15) is 0 Å². The minimum atomic E-state index is 0.307. The second-order valence-corrected chi connectivity index (χ2v) is 5.42. The molecule has 1 aliphatic rings. The number of hydrogen-bond acceptors (Lipinski definition) is 4. The molecule has 19 heavy (non-hydrogen) atoms. The predicted octanol–water partition coefficient (Wildman–Crippen LogP) is 1.05. The van der Waals surface area contributed by atoms with Gasteiger partial charge in [-0.15, -0.1) is 11.3 Å². The van der Waals surface area contributed by atoms with Crippen molar-refractivity contribution in [3.8, 4) is 0 Å². The lowest BCUT2D eigenvalue weighted by atomic mass is 10.2. The van der Waals surface area contributed by atoms with Crippen LogP contribution >= 0.6 is 11.3 Å². The Labute approximate surface area is 118 Å². The summed E-state index contributed by atoms with van der Waals surface area (Å²) in [4.78, 5) is 8.22. The van der Waals surface area contributed by atoms with E-state index < -0.39 is 0 Å². The zero-order valence-corrected chi connectivity index (χ0v) is 12.2. The largest absolute Gasteiger partial charge is 0.379 e. The summed E-state index contributed by atoms with van der Waals surface area (Å²) in [5.41, 5.74) is 5.81. The molecule has 0 spiro atoms. The molecule has 2 heterocycles. The highest BCUT2D eigenvalue weighted by Crippen LogP contribution is 2.26. The van der Waals surface area contributed by atoms with Gasteiger partial charge in [-0.3, -0.25) is 9.89 Å². The molecule has 6 heteroatoms. The fraction of sp³-hybridized carbons (Fsp3) is 0.615. The van der Waals surface area contributed by atoms with Gasteiger partial charge in [0.05, 0.1) is 25.8 Å². The number of thiophene rings is 1. The van der Waals surface area contributed by atoms with Crippen LogP contribution in [0.1, 0.15) is 17.8 Å². The molecule has 106 valence electrons. The van der Waals surface area contributed by atoms with Crippen molar-refractivity contribution in [2.45, 2.75) is 13.0 Å². The van der Waals surface area contributed by atoms with Gasteiger partial charge in [-0.25, -0.2) is 0 Å².